The summed E-state index contributed by atoms with van der Waals surface area (Å²) >= 11 is 0. The highest BCUT2D eigenvalue weighted by Crippen LogP contribution is 2.39. The summed E-state index contributed by atoms with van der Waals surface area (Å²) in [6, 6.07) is 8.95. The lowest BCUT2D eigenvalue weighted by molar-refractivity contribution is -0.277. The largest absolute Gasteiger partial charge is 0.856 e. The third-order valence-corrected chi connectivity index (χ3v) is 4.48. The van der Waals surface area contributed by atoms with Crippen LogP contribution in [0.5, 0.6) is 17.6 Å². The second-order valence-corrected chi connectivity index (χ2v) is 6.92. The van der Waals surface area contributed by atoms with Crippen molar-refractivity contribution in [3.8, 4) is 29.0 Å². The fourth-order valence-corrected chi connectivity index (χ4v) is 3.08. The van der Waals surface area contributed by atoms with Crippen molar-refractivity contribution >= 4 is 0 Å². The quantitative estimate of drug-likeness (QED) is 0.660. The highest BCUT2D eigenvalue weighted by molar-refractivity contribution is 5.56. The predicted octanol–water partition coefficient (Wildman–Crippen LogP) is 3.32. The topological polar surface area (TPSA) is 93.3 Å². The summed E-state index contributed by atoms with van der Waals surface area (Å²) in [5.74, 6) is 1.67. The van der Waals surface area contributed by atoms with Crippen LogP contribution in [0.25, 0.3) is 11.3 Å². The van der Waals surface area contributed by atoms with Crippen LogP contribution in [-0.2, 0) is 0 Å². The van der Waals surface area contributed by atoms with Crippen molar-refractivity contribution in [1.82, 2.24) is 15.1 Å². The number of aromatic nitrogens is 3. The average Bonchev–Trinajstić information content (AvgIpc) is 3.04. The Morgan fingerprint density at radius 3 is 2.63 bits per heavy atom. The summed E-state index contributed by atoms with van der Waals surface area (Å²) in [5, 5.41) is 14.4. The molecule has 3 aromatic rings. The summed E-state index contributed by atoms with van der Waals surface area (Å²) < 4.78 is 16.5. The Hall–Kier alpha value is -3.09. The van der Waals surface area contributed by atoms with Crippen LogP contribution in [0.15, 0.2) is 47.2 Å². The molecule has 0 bridgehead atoms. The zero-order valence-electron chi connectivity index (χ0n) is 15.2. The molecule has 0 spiro atoms. The predicted molar refractivity (Wildman–Crippen MR) is 95.6 cm³/mol. The highest BCUT2D eigenvalue weighted by Gasteiger charge is 2.32. The van der Waals surface area contributed by atoms with E-state index in [9.17, 15) is 5.11 Å². The lowest BCUT2D eigenvalue weighted by atomic mass is 9.78. The van der Waals surface area contributed by atoms with Crippen LogP contribution in [0, 0.1) is 0 Å². The first-order valence-electron chi connectivity index (χ1n) is 8.96. The maximum atomic E-state index is 11.1. The first-order valence-corrected chi connectivity index (χ1v) is 8.96. The van der Waals surface area contributed by atoms with Crippen molar-refractivity contribution < 1.29 is 19.1 Å². The zero-order chi connectivity index (χ0) is 18.8. The smallest absolute Gasteiger partial charge is 0.213 e. The first-order chi connectivity index (χ1) is 13.1. The Labute approximate surface area is 157 Å². The number of nitrogens with zero attached hydrogens (tertiary/aromatic N) is 3. The highest BCUT2D eigenvalue weighted by atomic mass is 16.5. The molecule has 3 heterocycles. The summed E-state index contributed by atoms with van der Waals surface area (Å²) in [5.41, 5.74) is 1.92. The summed E-state index contributed by atoms with van der Waals surface area (Å²) in [7, 11) is 0. The number of hydrogen-bond acceptors (Lipinski definition) is 7. The van der Waals surface area contributed by atoms with E-state index >= 15 is 0 Å². The second kappa shape index (κ2) is 7.26. The van der Waals surface area contributed by atoms with Gasteiger partial charge < -0.3 is 19.1 Å². The molecule has 4 rings (SSSR count). The molecule has 1 saturated carbocycles. The molecule has 7 heteroatoms. The molecule has 0 saturated heterocycles. The van der Waals surface area contributed by atoms with E-state index in [1.165, 1.54) is 11.6 Å². The van der Waals surface area contributed by atoms with E-state index in [0.717, 1.165) is 12.8 Å². The van der Waals surface area contributed by atoms with Crippen LogP contribution < -0.4 is 14.6 Å². The van der Waals surface area contributed by atoms with Crippen LogP contribution in [0.2, 0.25) is 0 Å². The van der Waals surface area contributed by atoms with Crippen molar-refractivity contribution in [3.63, 3.8) is 0 Å². The number of hydrogen-bond donors (Lipinski definition) is 0. The van der Waals surface area contributed by atoms with Gasteiger partial charge in [-0.25, -0.2) is 9.97 Å². The van der Waals surface area contributed by atoms with E-state index in [1.807, 2.05) is 26.0 Å². The molecule has 7 nitrogen and oxygen atoms in total. The van der Waals surface area contributed by atoms with Crippen molar-refractivity contribution in [2.45, 2.75) is 44.8 Å². The van der Waals surface area contributed by atoms with Gasteiger partial charge in [-0.15, -0.1) is 0 Å². The van der Waals surface area contributed by atoms with E-state index in [2.05, 4.69) is 15.1 Å². The van der Waals surface area contributed by atoms with Crippen LogP contribution in [0.3, 0.4) is 0 Å². The Morgan fingerprint density at radius 2 is 1.96 bits per heavy atom. The number of rotatable bonds is 6. The Morgan fingerprint density at radius 1 is 1.11 bits per heavy atom. The van der Waals surface area contributed by atoms with Crippen LogP contribution in [0.4, 0.5) is 0 Å². The normalized spacial score (nSPS) is 18.9. The summed E-state index contributed by atoms with van der Waals surface area (Å²) in [4.78, 5) is 8.54. The molecule has 1 fully saturated rings. The Bertz CT molecular complexity index is 902. The van der Waals surface area contributed by atoms with E-state index in [4.69, 9.17) is 14.0 Å². The summed E-state index contributed by atoms with van der Waals surface area (Å²) in [6.07, 6.45) is 5.50. The maximum Gasteiger partial charge on any atom is 0.213 e. The molecule has 140 valence electrons. The molecule has 1 aliphatic carbocycles. The molecule has 0 aliphatic heterocycles. The van der Waals surface area contributed by atoms with Crippen molar-refractivity contribution in [2.75, 3.05) is 0 Å². The maximum absolute atomic E-state index is 11.1. The SMILES string of the molecule is CC(C)Oc1cc(C2CC(Oc3ccc(-c4cc([O-])no4)cn3)C2)ccn1. The van der Waals surface area contributed by atoms with Gasteiger partial charge in [0.2, 0.25) is 11.8 Å². The molecule has 0 amide bonds. The van der Waals surface area contributed by atoms with Gasteiger partial charge >= 0.3 is 0 Å². The van der Waals surface area contributed by atoms with E-state index < -0.39 is 5.88 Å². The van der Waals surface area contributed by atoms with Gasteiger partial charge in [0.15, 0.2) is 5.76 Å². The third kappa shape index (κ3) is 4.02. The van der Waals surface area contributed by atoms with Crippen LogP contribution in [0.1, 0.15) is 38.2 Å². The number of pyridine rings is 2. The van der Waals surface area contributed by atoms with Gasteiger partial charge in [-0.2, -0.15) is 0 Å². The molecule has 0 N–H and O–H groups in total. The van der Waals surface area contributed by atoms with E-state index in [0.29, 0.717) is 29.0 Å². The van der Waals surface area contributed by atoms with Gasteiger partial charge in [0.25, 0.3) is 0 Å². The lowest BCUT2D eigenvalue weighted by Gasteiger charge is -2.35. The Kier molecular flexibility index (Phi) is 4.66. The minimum absolute atomic E-state index is 0.108. The molecular formula is C20H20N3O4-. The van der Waals surface area contributed by atoms with Crippen molar-refractivity contribution in [3.05, 3.63) is 48.3 Å². The molecule has 1 aliphatic rings. The molecular weight excluding hydrogens is 346 g/mol. The molecule has 0 atom stereocenters. The van der Waals surface area contributed by atoms with E-state index in [-0.39, 0.29) is 12.2 Å². The Balaban J connectivity index is 1.33. The molecule has 0 aromatic carbocycles. The van der Waals surface area contributed by atoms with Crippen LogP contribution >= 0.6 is 0 Å². The zero-order valence-corrected chi connectivity index (χ0v) is 15.2. The minimum Gasteiger partial charge on any atom is -0.856 e. The average molecular weight is 366 g/mol. The first kappa shape index (κ1) is 17.3. The van der Waals surface area contributed by atoms with Crippen molar-refractivity contribution in [2.24, 2.45) is 0 Å². The minimum atomic E-state index is -0.399. The van der Waals surface area contributed by atoms with Gasteiger partial charge in [0.1, 0.15) is 6.10 Å². The fraction of sp³-hybridized carbons (Fsp3) is 0.350. The molecule has 27 heavy (non-hydrogen) atoms. The second-order valence-electron chi connectivity index (χ2n) is 6.92. The van der Waals surface area contributed by atoms with Crippen LogP contribution in [-0.4, -0.2) is 27.3 Å². The number of ether oxygens (including phenoxy) is 2. The molecule has 3 aromatic heterocycles. The molecule has 0 unspecified atom stereocenters. The fourth-order valence-electron chi connectivity index (χ4n) is 3.08. The monoisotopic (exact) mass is 366 g/mol. The van der Waals surface area contributed by atoms with E-state index in [1.54, 1.807) is 24.5 Å². The van der Waals surface area contributed by atoms with Gasteiger partial charge in [0, 0.05) is 36.0 Å². The summed E-state index contributed by atoms with van der Waals surface area (Å²) in [6.45, 7) is 3.98. The lowest BCUT2D eigenvalue weighted by Crippen LogP contribution is -2.32. The third-order valence-electron chi connectivity index (χ3n) is 4.48. The standard InChI is InChI=1S/C20H21N3O4/c1-12(2)25-20-9-13(5-6-21-20)15-7-16(8-15)26-19-4-3-14(11-22-19)17-10-18(24)23-27-17/h3-6,9-12,15-16H,7-8H2,1-2H3,(H,23,24)/p-1. The molecule has 0 radical (unpaired) electrons. The van der Waals surface area contributed by atoms with Crippen molar-refractivity contribution in [1.29, 1.82) is 0 Å². The van der Waals surface area contributed by atoms with Gasteiger partial charge in [-0.05, 0) is 56.4 Å². The van der Waals surface area contributed by atoms with Gasteiger partial charge in [-0.1, -0.05) is 5.16 Å². The van der Waals surface area contributed by atoms with Gasteiger partial charge in [-0.3, -0.25) is 0 Å². The van der Waals surface area contributed by atoms with Gasteiger partial charge in [0.05, 0.1) is 6.10 Å².